The van der Waals surface area contributed by atoms with Crippen molar-refractivity contribution in [1.82, 2.24) is 5.32 Å². The number of benzene rings is 2. The maximum absolute atomic E-state index is 11.7. The molecule has 1 amide bonds. The van der Waals surface area contributed by atoms with Gasteiger partial charge in [0.15, 0.2) is 11.5 Å². The van der Waals surface area contributed by atoms with Gasteiger partial charge in [-0.1, -0.05) is 31.5 Å². The number of aliphatic hydroxyl groups is 1. The van der Waals surface area contributed by atoms with Crippen molar-refractivity contribution >= 4 is 6.09 Å². The number of methoxy groups -OCH3 is 1. The van der Waals surface area contributed by atoms with E-state index in [2.05, 4.69) is 5.32 Å². The summed E-state index contributed by atoms with van der Waals surface area (Å²) in [7, 11) is 1.60. The maximum Gasteiger partial charge on any atom is 0.407 e. The van der Waals surface area contributed by atoms with Gasteiger partial charge in [0.05, 0.1) is 20.3 Å². The minimum absolute atomic E-state index is 0.0348. The van der Waals surface area contributed by atoms with Gasteiger partial charge in [-0.25, -0.2) is 4.79 Å². The topological polar surface area (TPSA) is 97.3 Å². The van der Waals surface area contributed by atoms with Crippen molar-refractivity contribution < 1.29 is 29.2 Å². The van der Waals surface area contributed by atoms with Crippen LogP contribution in [0.15, 0.2) is 42.5 Å². The number of phenols is 1. The van der Waals surface area contributed by atoms with Crippen LogP contribution < -0.4 is 14.8 Å². The first kappa shape index (κ1) is 22.4. The van der Waals surface area contributed by atoms with E-state index in [1.165, 1.54) is 6.07 Å². The van der Waals surface area contributed by atoms with Gasteiger partial charge < -0.3 is 29.7 Å². The molecule has 2 aromatic carbocycles. The van der Waals surface area contributed by atoms with E-state index in [0.29, 0.717) is 13.0 Å². The summed E-state index contributed by atoms with van der Waals surface area (Å²) in [6, 6.07) is 12.3. The average molecular weight is 403 g/mol. The van der Waals surface area contributed by atoms with Crippen molar-refractivity contribution in [3.63, 3.8) is 0 Å². The molecule has 0 saturated carbocycles. The highest BCUT2D eigenvalue weighted by Gasteiger charge is 2.14. The molecule has 1 unspecified atom stereocenters. The Labute approximate surface area is 171 Å². The highest BCUT2D eigenvalue weighted by atomic mass is 16.5. The standard InChI is InChI=1S/C22H29NO6/c1-3-4-11-28-22(26)23-14-17-7-10-20(25)21(13-17)29-19(15-24)12-16-5-8-18(27-2)9-6-16/h5-10,13,19,24-25H,3-4,11-12,14-15H2,1-2H3,(H,23,26). The predicted octanol–water partition coefficient (Wildman–Crippen LogP) is 3.41. The fourth-order valence-electron chi connectivity index (χ4n) is 2.64. The van der Waals surface area contributed by atoms with Crippen LogP contribution in [0.4, 0.5) is 4.79 Å². The predicted molar refractivity (Wildman–Crippen MR) is 109 cm³/mol. The Bertz CT molecular complexity index is 762. The third kappa shape index (κ3) is 7.54. The second-order valence-corrected chi connectivity index (χ2v) is 6.62. The number of aromatic hydroxyl groups is 1. The molecule has 29 heavy (non-hydrogen) atoms. The summed E-state index contributed by atoms with van der Waals surface area (Å²) in [5.74, 6) is 0.963. The van der Waals surface area contributed by atoms with E-state index in [1.807, 2.05) is 31.2 Å². The molecule has 1 atom stereocenters. The lowest BCUT2D eigenvalue weighted by Crippen LogP contribution is -2.25. The molecule has 0 aromatic heterocycles. The van der Waals surface area contributed by atoms with Crippen LogP contribution in [0.25, 0.3) is 0 Å². The number of alkyl carbamates (subject to hydrolysis) is 1. The first-order chi connectivity index (χ1) is 14.0. The molecule has 0 fully saturated rings. The van der Waals surface area contributed by atoms with E-state index in [4.69, 9.17) is 14.2 Å². The molecule has 0 heterocycles. The molecule has 0 aliphatic heterocycles. The van der Waals surface area contributed by atoms with Crippen molar-refractivity contribution in [2.75, 3.05) is 20.3 Å². The van der Waals surface area contributed by atoms with Crippen LogP contribution in [0.1, 0.15) is 30.9 Å². The third-order valence-electron chi connectivity index (χ3n) is 4.31. The zero-order valence-corrected chi connectivity index (χ0v) is 16.9. The normalized spacial score (nSPS) is 11.6. The van der Waals surface area contributed by atoms with E-state index in [9.17, 15) is 15.0 Å². The number of aliphatic hydroxyl groups excluding tert-OH is 1. The quantitative estimate of drug-likeness (QED) is 0.498. The minimum Gasteiger partial charge on any atom is -0.504 e. The molecule has 0 aliphatic carbocycles. The van der Waals surface area contributed by atoms with E-state index in [-0.39, 0.29) is 24.7 Å². The van der Waals surface area contributed by atoms with E-state index in [1.54, 1.807) is 19.2 Å². The molecule has 0 spiro atoms. The number of ether oxygens (including phenoxy) is 3. The number of unbranched alkanes of at least 4 members (excludes halogenated alkanes) is 1. The van der Waals surface area contributed by atoms with Gasteiger partial charge in [0.1, 0.15) is 11.9 Å². The third-order valence-corrected chi connectivity index (χ3v) is 4.31. The molecule has 7 heteroatoms. The van der Waals surface area contributed by atoms with Gasteiger partial charge in [0.2, 0.25) is 0 Å². The van der Waals surface area contributed by atoms with Crippen LogP contribution in [-0.2, 0) is 17.7 Å². The molecule has 2 aromatic rings. The number of nitrogens with one attached hydrogen (secondary N) is 1. The smallest absolute Gasteiger partial charge is 0.407 e. The molecular formula is C22H29NO6. The van der Waals surface area contributed by atoms with Gasteiger partial charge in [0, 0.05) is 13.0 Å². The van der Waals surface area contributed by atoms with Crippen molar-refractivity contribution in [2.45, 2.75) is 38.8 Å². The first-order valence-electron chi connectivity index (χ1n) is 9.68. The molecular weight excluding hydrogens is 374 g/mol. The number of carbonyl (C=O) groups excluding carboxylic acids is 1. The van der Waals surface area contributed by atoms with Crippen molar-refractivity contribution in [3.8, 4) is 17.2 Å². The fourth-order valence-corrected chi connectivity index (χ4v) is 2.64. The summed E-state index contributed by atoms with van der Waals surface area (Å²) < 4.78 is 16.0. The number of hydrogen-bond donors (Lipinski definition) is 3. The molecule has 0 aliphatic rings. The molecule has 158 valence electrons. The van der Waals surface area contributed by atoms with Crippen LogP contribution in [-0.4, -0.2) is 42.7 Å². The van der Waals surface area contributed by atoms with Gasteiger partial charge in [0.25, 0.3) is 0 Å². The Morgan fingerprint density at radius 1 is 1.14 bits per heavy atom. The lowest BCUT2D eigenvalue weighted by Gasteiger charge is -2.19. The Balaban J connectivity index is 1.95. The number of hydrogen-bond acceptors (Lipinski definition) is 6. The van der Waals surface area contributed by atoms with E-state index in [0.717, 1.165) is 29.7 Å². The Morgan fingerprint density at radius 3 is 2.52 bits per heavy atom. The summed E-state index contributed by atoms with van der Waals surface area (Å²) in [4.78, 5) is 11.7. The average Bonchev–Trinajstić information content (AvgIpc) is 2.74. The van der Waals surface area contributed by atoms with Crippen molar-refractivity contribution in [2.24, 2.45) is 0 Å². The highest BCUT2D eigenvalue weighted by molar-refractivity contribution is 5.67. The number of phenolic OH excluding ortho intramolecular Hbond substituents is 1. The number of amides is 1. The molecule has 7 nitrogen and oxygen atoms in total. The Morgan fingerprint density at radius 2 is 1.86 bits per heavy atom. The van der Waals surface area contributed by atoms with Gasteiger partial charge >= 0.3 is 6.09 Å². The summed E-state index contributed by atoms with van der Waals surface area (Å²) in [6.45, 7) is 2.44. The molecule has 3 N–H and O–H groups in total. The molecule has 0 saturated heterocycles. The Hall–Kier alpha value is -2.93. The van der Waals surface area contributed by atoms with E-state index >= 15 is 0 Å². The fraction of sp³-hybridized carbons (Fsp3) is 0.409. The lowest BCUT2D eigenvalue weighted by atomic mass is 10.1. The van der Waals surface area contributed by atoms with Crippen LogP contribution in [0.2, 0.25) is 0 Å². The van der Waals surface area contributed by atoms with E-state index < -0.39 is 12.2 Å². The summed E-state index contributed by atoms with van der Waals surface area (Å²) >= 11 is 0. The van der Waals surface area contributed by atoms with Crippen LogP contribution in [0.5, 0.6) is 17.2 Å². The van der Waals surface area contributed by atoms with Gasteiger partial charge in [-0.15, -0.1) is 0 Å². The van der Waals surface area contributed by atoms with Crippen LogP contribution >= 0.6 is 0 Å². The molecule has 2 rings (SSSR count). The van der Waals surface area contributed by atoms with Crippen LogP contribution in [0, 0.1) is 0 Å². The van der Waals surface area contributed by atoms with Gasteiger partial charge in [-0.05, 0) is 41.8 Å². The zero-order valence-electron chi connectivity index (χ0n) is 16.9. The number of carbonyl (C=O) groups is 1. The summed E-state index contributed by atoms with van der Waals surface area (Å²) in [5, 5.41) is 22.4. The largest absolute Gasteiger partial charge is 0.504 e. The zero-order chi connectivity index (χ0) is 21.1. The lowest BCUT2D eigenvalue weighted by molar-refractivity contribution is 0.112. The van der Waals surface area contributed by atoms with Crippen molar-refractivity contribution in [3.05, 3.63) is 53.6 Å². The maximum atomic E-state index is 11.7. The SMILES string of the molecule is CCCCOC(=O)NCc1ccc(O)c(OC(CO)Cc2ccc(OC)cc2)c1. The Kier molecular flexibility index (Phi) is 9.11. The molecule has 0 bridgehead atoms. The number of rotatable bonds is 11. The van der Waals surface area contributed by atoms with Gasteiger partial charge in [-0.2, -0.15) is 0 Å². The first-order valence-corrected chi connectivity index (χ1v) is 9.68. The van der Waals surface area contributed by atoms with Crippen molar-refractivity contribution in [1.29, 1.82) is 0 Å². The molecule has 0 radical (unpaired) electrons. The second kappa shape index (κ2) is 11.8. The summed E-state index contributed by atoms with van der Waals surface area (Å²) in [5.41, 5.74) is 1.71. The monoisotopic (exact) mass is 403 g/mol. The second-order valence-electron chi connectivity index (χ2n) is 6.62. The summed E-state index contributed by atoms with van der Waals surface area (Å²) in [6.07, 6.45) is 1.22. The minimum atomic E-state index is -0.531. The van der Waals surface area contributed by atoms with Crippen LogP contribution in [0.3, 0.4) is 0 Å². The highest BCUT2D eigenvalue weighted by Crippen LogP contribution is 2.28. The van der Waals surface area contributed by atoms with Gasteiger partial charge in [-0.3, -0.25) is 0 Å².